The third-order valence-corrected chi connectivity index (χ3v) is 3.70. The second kappa shape index (κ2) is 6.07. The van der Waals surface area contributed by atoms with Gasteiger partial charge in [0.2, 0.25) is 0 Å². The minimum absolute atomic E-state index is 0.0867. The van der Waals surface area contributed by atoms with Gasteiger partial charge in [-0.15, -0.1) is 0 Å². The molecule has 0 aliphatic rings. The molecule has 0 saturated heterocycles. The van der Waals surface area contributed by atoms with Crippen LogP contribution in [0.3, 0.4) is 0 Å². The summed E-state index contributed by atoms with van der Waals surface area (Å²) in [5, 5.41) is 5.13. The maximum atomic E-state index is 6.28. The molecule has 0 radical (unpaired) electrons. The molecular weight excluding hydrogens is 326 g/mol. The van der Waals surface area contributed by atoms with Gasteiger partial charge in [0.15, 0.2) is 0 Å². The first kappa shape index (κ1) is 14.6. The van der Waals surface area contributed by atoms with Crippen molar-refractivity contribution in [1.82, 2.24) is 9.78 Å². The van der Waals surface area contributed by atoms with Crippen molar-refractivity contribution < 1.29 is 0 Å². The van der Waals surface area contributed by atoms with E-state index in [2.05, 4.69) is 34.0 Å². The van der Waals surface area contributed by atoms with Crippen molar-refractivity contribution in [3.8, 4) is 0 Å². The summed E-state index contributed by atoms with van der Waals surface area (Å²) < 4.78 is 2.94. The van der Waals surface area contributed by atoms with Gasteiger partial charge >= 0.3 is 0 Å². The fraction of sp³-hybridized carbons (Fsp3) is 0.357. The van der Waals surface area contributed by atoms with E-state index in [4.69, 9.17) is 17.3 Å². The lowest BCUT2D eigenvalue weighted by atomic mass is 10.0. The molecule has 2 aromatic rings. The summed E-state index contributed by atoms with van der Waals surface area (Å²) in [7, 11) is 0. The van der Waals surface area contributed by atoms with Crippen molar-refractivity contribution in [3.05, 3.63) is 50.7 Å². The third kappa shape index (κ3) is 3.59. The highest BCUT2D eigenvalue weighted by Gasteiger charge is 2.12. The molecule has 2 N–H and O–H groups in total. The van der Waals surface area contributed by atoms with Crippen LogP contribution in [0, 0.1) is 6.92 Å². The Hall–Kier alpha value is -0.840. The van der Waals surface area contributed by atoms with E-state index in [9.17, 15) is 0 Å². The topological polar surface area (TPSA) is 43.8 Å². The highest BCUT2D eigenvalue weighted by Crippen LogP contribution is 2.25. The number of nitrogens with two attached hydrogens (primary N) is 1. The summed E-state index contributed by atoms with van der Waals surface area (Å²) in [6.45, 7) is 4.93. The highest BCUT2D eigenvalue weighted by atomic mass is 79.9. The molecule has 3 nitrogen and oxygen atoms in total. The fourth-order valence-corrected chi connectivity index (χ4v) is 3.06. The number of nitrogens with zero attached hydrogens (tertiary/aromatic N) is 2. The third-order valence-electron chi connectivity index (χ3n) is 3.03. The number of aryl methyl sites for hydroxylation is 2. The van der Waals surface area contributed by atoms with Gasteiger partial charge in [-0.25, -0.2) is 0 Å². The predicted octanol–water partition coefficient (Wildman–Crippen LogP) is 3.87. The Morgan fingerprint density at radius 3 is 2.74 bits per heavy atom. The second-order valence-corrected chi connectivity index (χ2v) is 5.96. The van der Waals surface area contributed by atoms with Crippen molar-refractivity contribution in [1.29, 1.82) is 0 Å². The van der Waals surface area contributed by atoms with Crippen LogP contribution >= 0.6 is 27.5 Å². The summed E-state index contributed by atoms with van der Waals surface area (Å²) >= 11 is 9.50. The summed E-state index contributed by atoms with van der Waals surface area (Å²) in [6.07, 6.45) is 0.751. The molecule has 0 aliphatic heterocycles. The first-order valence-corrected chi connectivity index (χ1v) is 7.41. The molecule has 1 aromatic carbocycles. The lowest BCUT2D eigenvalue weighted by molar-refractivity contribution is 0.587. The summed E-state index contributed by atoms with van der Waals surface area (Å²) in [6, 6.07) is 7.78. The average Bonchev–Trinajstić information content (AvgIpc) is 2.68. The number of hydrogen-bond donors (Lipinski definition) is 1. The van der Waals surface area contributed by atoms with Gasteiger partial charge in [0.25, 0.3) is 0 Å². The largest absolute Gasteiger partial charge is 0.324 e. The molecular formula is C14H17BrClN3. The van der Waals surface area contributed by atoms with Gasteiger partial charge in [-0.3, -0.25) is 4.68 Å². The van der Waals surface area contributed by atoms with Crippen molar-refractivity contribution in [2.75, 3.05) is 0 Å². The number of rotatable bonds is 4. The van der Waals surface area contributed by atoms with E-state index < -0.39 is 0 Å². The average molecular weight is 343 g/mol. The van der Waals surface area contributed by atoms with Crippen LogP contribution in [0.5, 0.6) is 0 Å². The van der Waals surface area contributed by atoms with Gasteiger partial charge in [-0.2, -0.15) is 5.10 Å². The minimum atomic E-state index is -0.0867. The second-order valence-electron chi connectivity index (χ2n) is 4.61. The van der Waals surface area contributed by atoms with Crippen molar-refractivity contribution >= 4 is 27.5 Å². The molecule has 1 atom stereocenters. The zero-order valence-corrected chi connectivity index (χ0v) is 13.4. The Morgan fingerprint density at radius 1 is 1.37 bits per heavy atom. The molecule has 0 spiro atoms. The van der Waals surface area contributed by atoms with Crippen LogP contribution in [0.15, 0.2) is 28.7 Å². The lowest BCUT2D eigenvalue weighted by Crippen LogP contribution is -2.16. The Labute approximate surface area is 126 Å². The molecule has 1 unspecified atom stereocenters. The maximum absolute atomic E-state index is 6.28. The van der Waals surface area contributed by atoms with Gasteiger partial charge in [0.1, 0.15) is 0 Å². The minimum Gasteiger partial charge on any atom is -0.324 e. The van der Waals surface area contributed by atoms with E-state index in [1.54, 1.807) is 0 Å². The van der Waals surface area contributed by atoms with Gasteiger partial charge in [-0.05, 0) is 43.7 Å². The van der Waals surface area contributed by atoms with E-state index >= 15 is 0 Å². The van der Waals surface area contributed by atoms with Gasteiger partial charge in [0.05, 0.1) is 5.69 Å². The lowest BCUT2D eigenvalue weighted by Gasteiger charge is -2.14. The Kier molecular flexibility index (Phi) is 4.66. The van der Waals surface area contributed by atoms with E-state index in [1.165, 1.54) is 0 Å². The monoisotopic (exact) mass is 341 g/mol. The highest BCUT2D eigenvalue weighted by molar-refractivity contribution is 9.10. The van der Waals surface area contributed by atoms with Gasteiger partial charge in [-0.1, -0.05) is 27.5 Å². The molecule has 1 heterocycles. The predicted molar refractivity (Wildman–Crippen MR) is 82.4 cm³/mol. The molecule has 0 amide bonds. The van der Waals surface area contributed by atoms with Crippen molar-refractivity contribution in [3.63, 3.8) is 0 Å². The molecule has 102 valence electrons. The summed E-state index contributed by atoms with van der Waals surface area (Å²) in [5.74, 6) is 0. The van der Waals surface area contributed by atoms with Crippen LogP contribution in [0.1, 0.15) is 29.9 Å². The molecule has 0 bridgehead atoms. The van der Waals surface area contributed by atoms with E-state index in [0.29, 0.717) is 5.02 Å². The Morgan fingerprint density at radius 2 is 2.11 bits per heavy atom. The molecule has 1 aromatic heterocycles. The molecule has 5 heteroatoms. The van der Waals surface area contributed by atoms with Gasteiger partial charge in [0, 0.05) is 34.2 Å². The molecule has 0 fully saturated rings. The Bertz CT molecular complexity index is 560. The summed E-state index contributed by atoms with van der Waals surface area (Å²) in [4.78, 5) is 0. The maximum Gasteiger partial charge on any atom is 0.0596 e. The standard InChI is InChI=1S/C14H17BrClN3/c1-3-19-13(4-9(2)18-19)8-14(17)10-5-11(15)7-12(16)6-10/h4-7,14H,3,8,17H2,1-2H3. The molecule has 0 saturated carbocycles. The Balaban J connectivity index is 2.22. The zero-order chi connectivity index (χ0) is 14.0. The molecule has 19 heavy (non-hydrogen) atoms. The van der Waals surface area contributed by atoms with Crippen LogP contribution in [-0.2, 0) is 13.0 Å². The molecule has 0 aliphatic carbocycles. The smallest absolute Gasteiger partial charge is 0.0596 e. The number of benzene rings is 1. The summed E-state index contributed by atoms with van der Waals surface area (Å²) in [5.41, 5.74) is 9.49. The first-order valence-electron chi connectivity index (χ1n) is 6.24. The van der Waals surface area contributed by atoms with Gasteiger partial charge < -0.3 is 5.73 Å². The van der Waals surface area contributed by atoms with Crippen LogP contribution in [-0.4, -0.2) is 9.78 Å². The van der Waals surface area contributed by atoms with Crippen LogP contribution in [0.4, 0.5) is 0 Å². The quantitative estimate of drug-likeness (QED) is 0.916. The van der Waals surface area contributed by atoms with Crippen LogP contribution < -0.4 is 5.73 Å². The van der Waals surface area contributed by atoms with E-state index in [1.807, 2.05) is 29.8 Å². The molecule has 2 rings (SSSR count). The number of hydrogen-bond acceptors (Lipinski definition) is 2. The SMILES string of the molecule is CCn1nc(C)cc1CC(N)c1cc(Cl)cc(Br)c1. The van der Waals surface area contributed by atoms with Crippen LogP contribution in [0.2, 0.25) is 5.02 Å². The first-order chi connectivity index (χ1) is 8.99. The zero-order valence-electron chi connectivity index (χ0n) is 11.0. The van der Waals surface area contributed by atoms with Crippen LogP contribution in [0.25, 0.3) is 0 Å². The van der Waals surface area contributed by atoms with E-state index in [-0.39, 0.29) is 6.04 Å². The van der Waals surface area contributed by atoms with E-state index in [0.717, 1.165) is 34.4 Å². The number of aromatic nitrogens is 2. The normalized spacial score (nSPS) is 12.7. The number of halogens is 2. The van der Waals surface area contributed by atoms with Crippen molar-refractivity contribution in [2.24, 2.45) is 5.73 Å². The fourth-order valence-electron chi connectivity index (χ4n) is 2.17. The van der Waals surface area contributed by atoms with Crippen molar-refractivity contribution in [2.45, 2.75) is 32.9 Å².